The van der Waals surface area contributed by atoms with Crippen LogP contribution >= 0.6 is 11.3 Å². The summed E-state index contributed by atoms with van der Waals surface area (Å²) in [6.45, 7) is 0. The second-order valence-electron chi connectivity index (χ2n) is 4.77. The standard InChI is InChI=1S/C12H15N5OS/c1-17-5-8(4-14-17)10(13)11(18)16-12-15-9(6-19-12)7-2-3-7/h4-7,10H,2-3,13H2,1H3,(H,15,16,18). The van der Waals surface area contributed by atoms with Gasteiger partial charge in [-0.25, -0.2) is 4.98 Å². The van der Waals surface area contributed by atoms with Gasteiger partial charge in [-0.2, -0.15) is 5.10 Å². The average molecular weight is 277 g/mol. The van der Waals surface area contributed by atoms with Gasteiger partial charge in [0.1, 0.15) is 6.04 Å². The molecule has 19 heavy (non-hydrogen) atoms. The zero-order valence-electron chi connectivity index (χ0n) is 10.5. The Labute approximate surface area is 114 Å². The van der Waals surface area contributed by atoms with Gasteiger partial charge in [0.15, 0.2) is 5.13 Å². The molecule has 2 aromatic rings. The number of aryl methyl sites for hydroxylation is 1. The fourth-order valence-corrected chi connectivity index (χ4v) is 2.64. The van der Waals surface area contributed by atoms with Crippen molar-refractivity contribution in [2.45, 2.75) is 24.8 Å². The lowest BCUT2D eigenvalue weighted by Crippen LogP contribution is -2.27. The molecule has 0 aliphatic heterocycles. The van der Waals surface area contributed by atoms with E-state index < -0.39 is 6.04 Å². The molecule has 1 unspecified atom stereocenters. The highest BCUT2D eigenvalue weighted by Crippen LogP contribution is 2.40. The molecule has 0 saturated heterocycles. The van der Waals surface area contributed by atoms with Gasteiger partial charge in [0.25, 0.3) is 0 Å². The lowest BCUT2D eigenvalue weighted by Gasteiger charge is -2.08. The number of nitrogens with one attached hydrogen (secondary N) is 1. The number of rotatable bonds is 4. The Hall–Kier alpha value is -1.73. The lowest BCUT2D eigenvalue weighted by molar-refractivity contribution is -0.117. The number of amides is 1. The Balaban J connectivity index is 1.66. The summed E-state index contributed by atoms with van der Waals surface area (Å²) in [5.74, 6) is 0.332. The van der Waals surface area contributed by atoms with Crippen LogP contribution in [-0.2, 0) is 11.8 Å². The van der Waals surface area contributed by atoms with Gasteiger partial charge in [0.05, 0.1) is 11.9 Å². The monoisotopic (exact) mass is 277 g/mol. The zero-order valence-corrected chi connectivity index (χ0v) is 11.4. The van der Waals surface area contributed by atoms with Crippen LogP contribution in [0.15, 0.2) is 17.8 Å². The lowest BCUT2D eigenvalue weighted by atomic mass is 10.1. The molecule has 7 heteroatoms. The van der Waals surface area contributed by atoms with E-state index in [1.54, 1.807) is 24.1 Å². The Kier molecular flexibility index (Phi) is 3.08. The van der Waals surface area contributed by atoms with Gasteiger partial charge in [-0.3, -0.25) is 9.48 Å². The van der Waals surface area contributed by atoms with Gasteiger partial charge in [-0.1, -0.05) is 0 Å². The number of nitrogens with two attached hydrogens (primary N) is 1. The summed E-state index contributed by atoms with van der Waals surface area (Å²) in [6.07, 6.45) is 5.74. The van der Waals surface area contributed by atoms with Crippen LogP contribution in [0.4, 0.5) is 5.13 Å². The van der Waals surface area contributed by atoms with Crippen molar-refractivity contribution in [1.29, 1.82) is 0 Å². The van der Waals surface area contributed by atoms with Crippen LogP contribution < -0.4 is 11.1 Å². The van der Waals surface area contributed by atoms with Crippen molar-refractivity contribution in [2.24, 2.45) is 12.8 Å². The maximum Gasteiger partial charge on any atom is 0.247 e. The van der Waals surface area contributed by atoms with Crippen molar-refractivity contribution in [3.63, 3.8) is 0 Å². The highest BCUT2D eigenvalue weighted by molar-refractivity contribution is 7.13. The van der Waals surface area contributed by atoms with Crippen LogP contribution in [0, 0.1) is 0 Å². The first-order chi connectivity index (χ1) is 9.13. The van der Waals surface area contributed by atoms with Gasteiger partial charge in [0.2, 0.25) is 5.91 Å². The topological polar surface area (TPSA) is 85.8 Å². The van der Waals surface area contributed by atoms with Crippen molar-refractivity contribution in [3.8, 4) is 0 Å². The number of anilines is 1. The second kappa shape index (κ2) is 4.75. The first-order valence-electron chi connectivity index (χ1n) is 6.14. The molecule has 1 atom stereocenters. The molecule has 0 aromatic carbocycles. The van der Waals surface area contributed by atoms with Crippen LogP contribution in [0.2, 0.25) is 0 Å². The average Bonchev–Trinajstić information content (AvgIpc) is 2.99. The van der Waals surface area contributed by atoms with Gasteiger partial charge in [0, 0.05) is 30.1 Å². The fourth-order valence-electron chi connectivity index (χ4n) is 1.85. The highest BCUT2D eigenvalue weighted by Gasteiger charge is 2.26. The zero-order chi connectivity index (χ0) is 13.4. The van der Waals surface area contributed by atoms with Gasteiger partial charge < -0.3 is 11.1 Å². The number of hydrogen-bond acceptors (Lipinski definition) is 5. The van der Waals surface area contributed by atoms with Crippen LogP contribution in [-0.4, -0.2) is 20.7 Å². The fraction of sp³-hybridized carbons (Fsp3) is 0.417. The van der Waals surface area contributed by atoms with E-state index in [2.05, 4.69) is 15.4 Å². The Morgan fingerprint density at radius 1 is 1.63 bits per heavy atom. The third kappa shape index (κ3) is 2.66. The number of thiazole rings is 1. The first-order valence-corrected chi connectivity index (χ1v) is 7.02. The van der Waals surface area contributed by atoms with Gasteiger partial charge >= 0.3 is 0 Å². The normalized spacial score (nSPS) is 16.3. The molecule has 2 heterocycles. The molecule has 2 aromatic heterocycles. The Bertz CT molecular complexity index is 601. The molecule has 1 fully saturated rings. The summed E-state index contributed by atoms with van der Waals surface area (Å²) < 4.78 is 1.62. The minimum atomic E-state index is -0.720. The van der Waals surface area contributed by atoms with Crippen molar-refractivity contribution >= 4 is 22.4 Å². The largest absolute Gasteiger partial charge is 0.316 e. The van der Waals surface area contributed by atoms with E-state index in [1.807, 2.05) is 5.38 Å². The number of nitrogens with zero attached hydrogens (tertiary/aromatic N) is 3. The van der Waals surface area contributed by atoms with E-state index >= 15 is 0 Å². The number of carbonyl (C=O) groups is 1. The van der Waals surface area contributed by atoms with E-state index in [1.165, 1.54) is 24.2 Å². The minimum absolute atomic E-state index is 0.260. The molecule has 1 saturated carbocycles. The van der Waals surface area contributed by atoms with E-state index in [0.717, 1.165) is 5.69 Å². The second-order valence-corrected chi connectivity index (χ2v) is 5.62. The molecular weight excluding hydrogens is 262 g/mol. The molecule has 3 rings (SSSR count). The third-order valence-corrected chi connectivity index (χ3v) is 3.89. The van der Waals surface area contributed by atoms with Gasteiger partial charge in [-0.15, -0.1) is 11.3 Å². The number of aromatic nitrogens is 3. The van der Waals surface area contributed by atoms with Crippen LogP contribution in [0.25, 0.3) is 0 Å². The summed E-state index contributed by atoms with van der Waals surface area (Å²) in [4.78, 5) is 16.4. The summed E-state index contributed by atoms with van der Waals surface area (Å²) in [6, 6.07) is -0.720. The van der Waals surface area contributed by atoms with Crippen LogP contribution in [0.1, 0.15) is 36.1 Å². The Morgan fingerprint density at radius 3 is 3.05 bits per heavy atom. The predicted octanol–water partition coefficient (Wildman–Crippen LogP) is 1.39. The molecular formula is C12H15N5OS. The van der Waals surface area contributed by atoms with Crippen molar-refractivity contribution < 1.29 is 4.79 Å². The molecule has 1 aliphatic rings. The van der Waals surface area contributed by atoms with Crippen LogP contribution in [0.3, 0.4) is 0 Å². The number of carbonyl (C=O) groups excluding carboxylic acids is 1. The highest BCUT2D eigenvalue weighted by atomic mass is 32.1. The maximum atomic E-state index is 12.0. The molecule has 3 N–H and O–H groups in total. The number of hydrogen-bond donors (Lipinski definition) is 2. The van der Waals surface area contributed by atoms with E-state index in [9.17, 15) is 4.79 Å². The van der Waals surface area contributed by atoms with E-state index in [0.29, 0.717) is 16.6 Å². The summed E-state index contributed by atoms with van der Waals surface area (Å²) in [5.41, 5.74) is 7.66. The van der Waals surface area contributed by atoms with E-state index in [-0.39, 0.29) is 5.91 Å². The Morgan fingerprint density at radius 2 is 2.42 bits per heavy atom. The van der Waals surface area contributed by atoms with Crippen molar-refractivity contribution in [2.75, 3.05) is 5.32 Å². The third-order valence-electron chi connectivity index (χ3n) is 3.11. The van der Waals surface area contributed by atoms with Crippen molar-refractivity contribution in [1.82, 2.24) is 14.8 Å². The molecule has 0 bridgehead atoms. The molecule has 0 spiro atoms. The molecule has 1 amide bonds. The SMILES string of the molecule is Cn1cc(C(N)C(=O)Nc2nc(C3CC3)cs2)cn1. The maximum absolute atomic E-state index is 12.0. The van der Waals surface area contributed by atoms with Crippen molar-refractivity contribution in [3.05, 3.63) is 29.0 Å². The quantitative estimate of drug-likeness (QED) is 0.884. The molecule has 6 nitrogen and oxygen atoms in total. The smallest absolute Gasteiger partial charge is 0.247 e. The summed E-state index contributed by atoms with van der Waals surface area (Å²) in [7, 11) is 1.79. The summed E-state index contributed by atoms with van der Waals surface area (Å²) in [5, 5.41) is 9.39. The van der Waals surface area contributed by atoms with Crippen LogP contribution in [0.5, 0.6) is 0 Å². The summed E-state index contributed by atoms with van der Waals surface area (Å²) >= 11 is 1.44. The van der Waals surface area contributed by atoms with Gasteiger partial charge in [-0.05, 0) is 12.8 Å². The first kappa shape index (κ1) is 12.3. The predicted molar refractivity (Wildman–Crippen MR) is 72.9 cm³/mol. The minimum Gasteiger partial charge on any atom is -0.316 e. The molecule has 1 aliphatic carbocycles. The van der Waals surface area contributed by atoms with E-state index in [4.69, 9.17) is 5.73 Å². The molecule has 100 valence electrons. The molecule has 0 radical (unpaired) electrons.